The quantitative estimate of drug-likeness (QED) is 0.145. The summed E-state index contributed by atoms with van der Waals surface area (Å²) in [7, 11) is 0. The van der Waals surface area contributed by atoms with Crippen molar-refractivity contribution in [3.63, 3.8) is 0 Å². The second kappa shape index (κ2) is 16.6. The van der Waals surface area contributed by atoms with Crippen molar-refractivity contribution in [2.45, 2.75) is 112 Å². The van der Waals surface area contributed by atoms with Gasteiger partial charge in [-0.25, -0.2) is 4.98 Å². The van der Waals surface area contributed by atoms with Crippen LogP contribution in [0.1, 0.15) is 123 Å². The number of rotatable bonds is 9. The average molecular weight is 885 g/mol. The molecule has 2 aromatic heterocycles. The molecule has 0 aliphatic carbocycles. The highest BCUT2D eigenvalue weighted by molar-refractivity contribution is 6.11. The molecule has 0 unspecified atom stereocenters. The molecule has 5 heteroatoms. The van der Waals surface area contributed by atoms with Crippen LogP contribution in [0.5, 0.6) is 11.5 Å². The minimum absolute atomic E-state index is 0.0434. The summed E-state index contributed by atoms with van der Waals surface area (Å²) in [5, 5.41) is 2.38. The van der Waals surface area contributed by atoms with Gasteiger partial charge in [0.25, 0.3) is 0 Å². The van der Waals surface area contributed by atoms with E-state index in [1.54, 1.807) is 0 Å². The Kier molecular flexibility index (Phi) is 11.3. The smallest absolute Gasteiger partial charge is 0.137 e. The van der Waals surface area contributed by atoms with Crippen molar-refractivity contribution in [1.82, 2.24) is 9.55 Å². The molecule has 0 atom stereocenters. The van der Waals surface area contributed by atoms with E-state index in [2.05, 4.69) is 262 Å². The predicted octanol–water partition coefficient (Wildman–Crippen LogP) is 16.4. The SMILES string of the molecule is CC(C)(C)C1=CN(c2cc(Oc3cc(C(C)(C)c4ccccc4)c4c5ccccc5n(-c5cc(C(C)(C)c6ccccc6)ccn5)c4c3)cc(C(C)(C)C)c2)CN1c1cccc(C(C)(C)C)c1. The van der Waals surface area contributed by atoms with Crippen molar-refractivity contribution in [2.24, 2.45) is 5.41 Å². The number of hydrogen-bond acceptors (Lipinski definition) is 4. The van der Waals surface area contributed by atoms with Gasteiger partial charge in [-0.15, -0.1) is 0 Å². The Bertz CT molecular complexity index is 3130. The van der Waals surface area contributed by atoms with Gasteiger partial charge < -0.3 is 14.5 Å². The molecule has 67 heavy (non-hydrogen) atoms. The summed E-state index contributed by atoms with van der Waals surface area (Å²) in [6, 6.07) is 55.2. The van der Waals surface area contributed by atoms with Crippen molar-refractivity contribution in [3.8, 4) is 17.3 Å². The lowest BCUT2D eigenvalue weighted by molar-refractivity contribution is 0.477. The zero-order valence-electron chi connectivity index (χ0n) is 42.0. The first-order chi connectivity index (χ1) is 31.6. The highest BCUT2D eigenvalue weighted by Gasteiger charge is 2.34. The van der Waals surface area contributed by atoms with E-state index in [-0.39, 0.29) is 27.1 Å². The molecule has 1 aliphatic rings. The van der Waals surface area contributed by atoms with Crippen molar-refractivity contribution in [1.29, 1.82) is 0 Å². The molecule has 342 valence electrons. The Morgan fingerprint density at radius 2 is 1.06 bits per heavy atom. The second-order valence-corrected chi connectivity index (χ2v) is 22.8. The molecular weight excluding hydrogens is 817 g/mol. The van der Waals surface area contributed by atoms with E-state index >= 15 is 0 Å². The fourth-order valence-electron chi connectivity index (χ4n) is 9.81. The molecule has 0 amide bonds. The maximum Gasteiger partial charge on any atom is 0.137 e. The fourth-order valence-corrected chi connectivity index (χ4v) is 9.81. The molecule has 0 fully saturated rings. The van der Waals surface area contributed by atoms with Crippen LogP contribution in [-0.4, -0.2) is 16.2 Å². The summed E-state index contributed by atoms with van der Waals surface area (Å²) in [5.41, 5.74) is 12.4. The van der Waals surface area contributed by atoms with Gasteiger partial charge in [-0.1, -0.05) is 181 Å². The third kappa shape index (κ3) is 8.66. The van der Waals surface area contributed by atoms with E-state index in [0.717, 1.165) is 34.0 Å². The normalized spacial score (nSPS) is 14.0. The van der Waals surface area contributed by atoms with Crippen LogP contribution in [0.3, 0.4) is 0 Å². The molecule has 8 aromatic rings. The van der Waals surface area contributed by atoms with Crippen LogP contribution >= 0.6 is 0 Å². The number of ether oxygens (including phenoxy) is 1. The Morgan fingerprint density at radius 3 is 1.72 bits per heavy atom. The number of hydrogen-bond donors (Lipinski definition) is 0. The summed E-state index contributed by atoms with van der Waals surface area (Å²) in [4.78, 5) is 10.00. The zero-order valence-corrected chi connectivity index (χ0v) is 42.0. The lowest BCUT2D eigenvalue weighted by Gasteiger charge is -2.32. The Balaban J connectivity index is 1.22. The number of para-hydroxylation sites is 1. The first kappa shape index (κ1) is 45.6. The molecule has 0 spiro atoms. The van der Waals surface area contributed by atoms with Gasteiger partial charge in [0.15, 0.2) is 0 Å². The van der Waals surface area contributed by atoms with Crippen molar-refractivity contribution in [3.05, 3.63) is 203 Å². The molecular formula is C62H68N4O. The van der Waals surface area contributed by atoms with Crippen LogP contribution in [-0.2, 0) is 21.7 Å². The van der Waals surface area contributed by atoms with E-state index in [1.165, 1.54) is 55.5 Å². The van der Waals surface area contributed by atoms with E-state index in [9.17, 15) is 0 Å². The lowest BCUT2D eigenvalue weighted by Crippen LogP contribution is -2.31. The summed E-state index contributed by atoms with van der Waals surface area (Å²) >= 11 is 0. The standard InChI is InChI=1S/C62H68N4O/c1-58(2,3)44-27-22-28-47(33-44)65-41-64(40-55(65)60(7,8)9)48-34-46(59(4,5)6)35-49(37-48)67-50-38-52(62(12,13)43-25-18-15-19-26-43)57-51-29-20-21-30-53(51)66(54(57)39-50)56-36-45(31-32-63-56)61(10,11)42-23-16-14-17-24-42/h14-40H,41H2,1-13H3. The third-order valence-corrected chi connectivity index (χ3v) is 14.1. The first-order valence-electron chi connectivity index (χ1n) is 24.0. The molecule has 0 saturated carbocycles. The minimum Gasteiger partial charge on any atom is -0.457 e. The number of fused-ring (bicyclic) bond motifs is 3. The van der Waals surface area contributed by atoms with Gasteiger partial charge in [-0.3, -0.25) is 4.57 Å². The number of aromatic nitrogens is 2. The zero-order chi connectivity index (χ0) is 47.7. The lowest BCUT2D eigenvalue weighted by atomic mass is 9.76. The van der Waals surface area contributed by atoms with Gasteiger partial charge in [0.05, 0.1) is 17.7 Å². The maximum absolute atomic E-state index is 7.28. The Hall–Kier alpha value is -6.59. The molecule has 5 nitrogen and oxygen atoms in total. The number of anilines is 2. The summed E-state index contributed by atoms with van der Waals surface area (Å²) in [5.74, 6) is 2.45. The largest absolute Gasteiger partial charge is 0.457 e. The average Bonchev–Trinajstić information content (AvgIpc) is 3.90. The summed E-state index contributed by atoms with van der Waals surface area (Å²) in [6.45, 7) is 30.6. The Labute approximate surface area is 399 Å². The van der Waals surface area contributed by atoms with Gasteiger partial charge in [0.2, 0.25) is 0 Å². The summed E-state index contributed by atoms with van der Waals surface area (Å²) < 4.78 is 9.62. The van der Waals surface area contributed by atoms with Crippen LogP contribution in [0.4, 0.5) is 11.4 Å². The van der Waals surface area contributed by atoms with Gasteiger partial charge in [0.1, 0.15) is 17.3 Å². The highest BCUT2D eigenvalue weighted by atomic mass is 16.5. The predicted molar refractivity (Wildman–Crippen MR) is 283 cm³/mol. The van der Waals surface area contributed by atoms with E-state index in [0.29, 0.717) is 6.67 Å². The van der Waals surface area contributed by atoms with Crippen LogP contribution < -0.4 is 14.5 Å². The van der Waals surface area contributed by atoms with Crippen molar-refractivity contribution < 1.29 is 4.74 Å². The third-order valence-electron chi connectivity index (χ3n) is 14.1. The van der Waals surface area contributed by atoms with Gasteiger partial charge in [-0.2, -0.15) is 0 Å². The van der Waals surface area contributed by atoms with E-state index in [4.69, 9.17) is 9.72 Å². The maximum atomic E-state index is 7.28. The number of pyridine rings is 1. The summed E-state index contributed by atoms with van der Waals surface area (Å²) in [6.07, 6.45) is 4.31. The molecule has 6 aromatic carbocycles. The number of nitrogens with zero attached hydrogens (tertiary/aromatic N) is 4. The molecule has 0 radical (unpaired) electrons. The van der Waals surface area contributed by atoms with Gasteiger partial charge >= 0.3 is 0 Å². The second-order valence-electron chi connectivity index (χ2n) is 22.8. The molecule has 0 bridgehead atoms. The topological polar surface area (TPSA) is 33.5 Å². The Morgan fingerprint density at radius 1 is 0.463 bits per heavy atom. The molecule has 0 saturated heterocycles. The van der Waals surface area contributed by atoms with E-state index in [1.807, 2.05) is 6.20 Å². The first-order valence-corrected chi connectivity index (χ1v) is 24.0. The number of allylic oxidation sites excluding steroid dienone is 1. The minimum atomic E-state index is -0.381. The molecule has 9 rings (SSSR count). The van der Waals surface area contributed by atoms with Gasteiger partial charge in [-0.05, 0) is 92.7 Å². The monoisotopic (exact) mass is 885 g/mol. The molecule has 1 aliphatic heterocycles. The molecule has 0 N–H and O–H groups in total. The number of benzene rings is 6. The van der Waals surface area contributed by atoms with Gasteiger partial charge in [0, 0.05) is 68.6 Å². The van der Waals surface area contributed by atoms with Crippen LogP contribution in [0.15, 0.2) is 170 Å². The van der Waals surface area contributed by atoms with E-state index < -0.39 is 0 Å². The van der Waals surface area contributed by atoms with Crippen LogP contribution in [0.25, 0.3) is 27.6 Å². The fraction of sp³-hybridized carbons (Fsp3) is 0.306. The molecule has 3 heterocycles. The van der Waals surface area contributed by atoms with Crippen molar-refractivity contribution >= 4 is 33.2 Å². The van der Waals surface area contributed by atoms with Crippen LogP contribution in [0, 0.1) is 5.41 Å². The highest BCUT2D eigenvalue weighted by Crippen LogP contribution is 2.46. The van der Waals surface area contributed by atoms with Crippen LogP contribution in [0.2, 0.25) is 0 Å². The van der Waals surface area contributed by atoms with Crippen molar-refractivity contribution in [2.75, 3.05) is 16.5 Å².